The first kappa shape index (κ1) is 12.6. The molecule has 1 aromatic carbocycles. The minimum atomic E-state index is -1.19. The predicted molar refractivity (Wildman–Crippen MR) is 71.1 cm³/mol. The summed E-state index contributed by atoms with van der Waals surface area (Å²) in [6.45, 7) is 0. The highest BCUT2D eigenvalue weighted by Gasteiger charge is 2.15. The van der Waals surface area contributed by atoms with Gasteiger partial charge in [0.15, 0.2) is 3.83 Å². The van der Waals surface area contributed by atoms with Crippen molar-refractivity contribution >= 4 is 51.8 Å². The van der Waals surface area contributed by atoms with E-state index in [0.717, 1.165) is 0 Å². The van der Waals surface area contributed by atoms with E-state index >= 15 is 0 Å². The van der Waals surface area contributed by atoms with Gasteiger partial charge in [0, 0.05) is 32.6 Å². The molecule has 2 aromatic rings. The van der Waals surface area contributed by atoms with Crippen LogP contribution in [0.3, 0.4) is 0 Å². The van der Waals surface area contributed by atoms with Crippen molar-refractivity contribution in [1.29, 1.82) is 0 Å². The Morgan fingerprint density at radius 1 is 1.29 bits per heavy atom. The number of halogens is 3. The van der Waals surface area contributed by atoms with Crippen molar-refractivity contribution in [3.8, 4) is 5.69 Å². The SMILES string of the molecule is O=C(O)c1nc(I)n(-c2cc(Cl)cc(Cl)c2)n1. The van der Waals surface area contributed by atoms with Gasteiger partial charge in [-0.25, -0.2) is 9.48 Å². The van der Waals surface area contributed by atoms with E-state index in [1.54, 1.807) is 18.2 Å². The molecule has 5 nitrogen and oxygen atoms in total. The van der Waals surface area contributed by atoms with Crippen LogP contribution in [0, 0.1) is 3.83 Å². The lowest BCUT2D eigenvalue weighted by atomic mass is 10.3. The van der Waals surface area contributed by atoms with E-state index in [0.29, 0.717) is 19.6 Å². The number of hydrogen-bond donors (Lipinski definition) is 1. The van der Waals surface area contributed by atoms with Crippen LogP contribution in [0.4, 0.5) is 0 Å². The van der Waals surface area contributed by atoms with Crippen molar-refractivity contribution in [2.75, 3.05) is 0 Å². The van der Waals surface area contributed by atoms with Crippen molar-refractivity contribution in [3.05, 3.63) is 37.9 Å². The molecule has 2 rings (SSSR count). The Morgan fingerprint density at radius 2 is 1.88 bits per heavy atom. The Balaban J connectivity index is 2.56. The fraction of sp³-hybridized carbons (Fsp3) is 0. The van der Waals surface area contributed by atoms with E-state index in [2.05, 4.69) is 10.1 Å². The zero-order valence-corrected chi connectivity index (χ0v) is 11.7. The minimum Gasteiger partial charge on any atom is -0.475 e. The number of benzene rings is 1. The van der Waals surface area contributed by atoms with Gasteiger partial charge in [-0.05, 0) is 18.2 Å². The van der Waals surface area contributed by atoms with Crippen LogP contribution in [-0.4, -0.2) is 25.8 Å². The number of nitrogens with zero attached hydrogens (tertiary/aromatic N) is 3. The average Bonchev–Trinajstić information content (AvgIpc) is 2.59. The van der Waals surface area contributed by atoms with E-state index in [4.69, 9.17) is 28.3 Å². The number of carboxylic acid groups (broad SMARTS) is 1. The molecular weight excluding hydrogens is 380 g/mol. The Hall–Kier alpha value is -0.860. The lowest BCUT2D eigenvalue weighted by Crippen LogP contribution is -2.02. The molecule has 17 heavy (non-hydrogen) atoms. The third-order valence-corrected chi connectivity index (χ3v) is 2.99. The molecule has 0 spiro atoms. The quantitative estimate of drug-likeness (QED) is 0.809. The van der Waals surface area contributed by atoms with Gasteiger partial charge >= 0.3 is 5.97 Å². The number of rotatable bonds is 2. The number of carboxylic acids is 1. The third-order valence-electron chi connectivity index (χ3n) is 1.85. The summed E-state index contributed by atoms with van der Waals surface area (Å²) in [5.74, 6) is -1.46. The molecule has 0 amide bonds. The fourth-order valence-corrected chi connectivity index (χ4v) is 2.34. The van der Waals surface area contributed by atoms with Crippen LogP contribution in [0.5, 0.6) is 0 Å². The van der Waals surface area contributed by atoms with Gasteiger partial charge in [-0.3, -0.25) is 0 Å². The van der Waals surface area contributed by atoms with Gasteiger partial charge in [0.05, 0.1) is 5.69 Å². The smallest absolute Gasteiger partial charge is 0.375 e. The van der Waals surface area contributed by atoms with Crippen molar-refractivity contribution in [2.45, 2.75) is 0 Å². The Bertz CT molecular complexity index is 580. The summed E-state index contributed by atoms with van der Waals surface area (Å²) in [4.78, 5) is 14.5. The zero-order valence-electron chi connectivity index (χ0n) is 8.06. The predicted octanol–water partition coefficient (Wildman–Crippen LogP) is 2.88. The van der Waals surface area contributed by atoms with Crippen molar-refractivity contribution in [3.63, 3.8) is 0 Å². The standard InChI is InChI=1S/C9H4Cl2IN3O2/c10-4-1-5(11)3-6(2-4)15-9(12)13-7(14-15)8(16)17/h1-3H,(H,16,17). The minimum absolute atomic E-state index is 0.273. The monoisotopic (exact) mass is 383 g/mol. The summed E-state index contributed by atoms with van der Waals surface area (Å²) in [5, 5.41) is 13.5. The molecule has 8 heteroatoms. The van der Waals surface area contributed by atoms with Gasteiger partial charge in [-0.2, -0.15) is 4.98 Å². The number of hydrogen-bond acceptors (Lipinski definition) is 3. The highest BCUT2D eigenvalue weighted by atomic mass is 127. The van der Waals surface area contributed by atoms with Crippen molar-refractivity contribution < 1.29 is 9.90 Å². The molecule has 88 valence electrons. The lowest BCUT2D eigenvalue weighted by molar-refractivity contribution is 0.0683. The lowest BCUT2D eigenvalue weighted by Gasteiger charge is -2.03. The van der Waals surface area contributed by atoms with E-state index in [-0.39, 0.29) is 5.82 Å². The number of carbonyl (C=O) groups is 1. The van der Waals surface area contributed by atoms with Gasteiger partial charge < -0.3 is 5.11 Å². The van der Waals surface area contributed by atoms with E-state index in [1.807, 2.05) is 22.6 Å². The highest BCUT2D eigenvalue weighted by molar-refractivity contribution is 14.1. The first-order valence-electron chi connectivity index (χ1n) is 4.29. The molecule has 1 N–H and O–H groups in total. The third kappa shape index (κ3) is 2.70. The van der Waals surface area contributed by atoms with Crippen LogP contribution >= 0.6 is 45.8 Å². The molecule has 1 aromatic heterocycles. The Morgan fingerprint density at radius 3 is 2.35 bits per heavy atom. The molecule has 0 saturated heterocycles. The molecule has 0 aliphatic heterocycles. The molecule has 1 heterocycles. The summed E-state index contributed by atoms with van der Waals surface area (Å²) in [6, 6.07) is 4.82. The highest BCUT2D eigenvalue weighted by Crippen LogP contribution is 2.22. The van der Waals surface area contributed by atoms with Crippen LogP contribution in [-0.2, 0) is 0 Å². The number of aromatic nitrogens is 3. The largest absolute Gasteiger partial charge is 0.475 e. The van der Waals surface area contributed by atoms with Gasteiger partial charge in [-0.1, -0.05) is 23.2 Å². The molecule has 0 aliphatic rings. The second-order valence-electron chi connectivity index (χ2n) is 3.05. The molecular formula is C9H4Cl2IN3O2. The van der Waals surface area contributed by atoms with Crippen LogP contribution in [0.2, 0.25) is 10.0 Å². The van der Waals surface area contributed by atoms with E-state index in [1.165, 1.54) is 4.68 Å². The van der Waals surface area contributed by atoms with Gasteiger partial charge in [0.2, 0.25) is 0 Å². The Kier molecular flexibility index (Phi) is 3.55. The van der Waals surface area contributed by atoms with Gasteiger partial charge in [0.25, 0.3) is 5.82 Å². The van der Waals surface area contributed by atoms with E-state index < -0.39 is 5.97 Å². The van der Waals surface area contributed by atoms with Crippen LogP contribution < -0.4 is 0 Å². The molecule has 0 atom stereocenters. The summed E-state index contributed by atoms with van der Waals surface area (Å²) in [5.41, 5.74) is 0.562. The summed E-state index contributed by atoms with van der Waals surface area (Å²) < 4.78 is 1.78. The van der Waals surface area contributed by atoms with Crippen molar-refractivity contribution in [2.24, 2.45) is 0 Å². The molecule has 0 radical (unpaired) electrons. The van der Waals surface area contributed by atoms with Gasteiger partial charge in [0.1, 0.15) is 0 Å². The molecule has 0 bridgehead atoms. The molecule has 0 aliphatic carbocycles. The fourth-order valence-electron chi connectivity index (χ4n) is 1.21. The first-order chi connectivity index (χ1) is 7.97. The Labute approximate surface area is 120 Å². The maximum absolute atomic E-state index is 10.7. The maximum Gasteiger partial charge on any atom is 0.375 e. The van der Waals surface area contributed by atoms with Gasteiger partial charge in [-0.15, -0.1) is 5.10 Å². The van der Waals surface area contributed by atoms with E-state index in [9.17, 15) is 4.79 Å². The second kappa shape index (κ2) is 4.79. The van der Waals surface area contributed by atoms with Crippen LogP contribution in [0.25, 0.3) is 5.69 Å². The summed E-state index contributed by atoms with van der Waals surface area (Å²) in [7, 11) is 0. The summed E-state index contributed by atoms with van der Waals surface area (Å²) >= 11 is 13.6. The maximum atomic E-state index is 10.7. The topological polar surface area (TPSA) is 68.0 Å². The molecule has 0 saturated carbocycles. The zero-order chi connectivity index (χ0) is 12.6. The van der Waals surface area contributed by atoms with Crippen LogP contribution in [0.1, 0.15) is 10.6 Å². The van der Waals surface area contributed by atoms with Crippen molar-refractivity contribution in [1.82, 2.24) is 14.8 Å². The molecule has 0 unspecified atom stereocenters. The second-order valence-corrected chi connectivity index (χ2v) is 4.89. The number of aromatic carboxylic acids is 1. The normalized spacial score (nSPS) is 10.5. The molecule has 0 fully saturated rings. The first-order valence-corrected chi connectivity index (χ1v) is 6.13. The van der Waals surface area contributed by atoms with Crippen LogP contribution in [0.15, 0.2) is 18.2 Å². The summed E-state index contributed by atoms with van der Waals surface area (Å²) in [6.07, 6.45) is 0. The average molecular weight is 384 g/mol.